The van der Waals surface area contributed by atoms with Gasteiger partial charge in [0.2, 0.25) is 5.82 Å². The lowest BCUT2D eigenvalue weighted by molar-refractivity contribution is -0.145. The largest absolute Gasteiger partial charge is 0.451 e. The van der Waals surface area contributed by atoms with Gasteiger partial charge in [-0.05, 0) is 37.8 Å². The van der Waals surface area contributed by atoms with Gasteiger partial charge in [-0.1, -0.05) is 25.0 Å². The summed E-state index contributed by atoms with van der Waals surface area (Å²) < 4.78 is 44.6. The van der Waals surface area contributed by atoms with Crippen LogP contribution in [0, 0.1) is 0 Å². The number of nitrogens with one attached hydrogen (secondary N) is 4. The molecule has 2 fully saturated rings. The van der Waals surface area contributed by atoms with Crippen molar-refractivity contribution in [2.24, 2.45) is 0 Å². The Morgan fingerprint density at radius 1 is 1.02 bits per heavy atom. The van der Waals surface area contributed by atoms with Crippen LogP contribution in [-0.2, 0) is 6.18 Å². The highest BCUT2D eigenvalue weighted by atomic mass is 19.4. The molecule has 3 heterocycles. The zero-order valence-electron chi connectivity index (χ0n) is 22.2. The van der Waals surface area contributed by atoms with Crippen molar-refractivity contribution in [2.75, 3.05) is 35.7 Å². The fourth-order valence-electron chi connectivity index (χ4n) is 5.36. The highest BCUT2D eigenvalue weighted by Gasteiger charge is 2.35. The van der Waals surface area contributed by atoms with E-state index in [0.717, 1.165) is 50.6 Å². The summed E-state index contributed by atoms with van der Waals surface area (Å²) in [6.45, 7) is 1.42. The number of hydrogen-bond acceptors (Lipinski definition) is 8. The Morgan fingerprint density at radius 2 is 1.80 bits per heavy atom. The number of piperidine rings is 1. The third kappa shape index (κ3) is 6.82. The molecule has 2 amide bonds. The van der Waals surface area contributed by atoms with Gasteiger partial charge in [-0.3, -0.25) is 0 Å². The molecule has 214 valence electrons. The second-order valence-electron chi connectivity index (χ2n) is 10.2. The van der Waals surface area contributed by atoms with Crippen molar-refractivity contribution in [1.82, 2.24) is 25.6 Å². The fourth-order valence-corrected chi connectivity index (χ4v) is 5.36. The number of oxazole rings is 1. The number of anilines is 3. The molecular formula is C27H33F3N8O2. The zero-order valence-corrected chi connectivity index (χ0v) is 22.2. The second kappa shape index (κ2) is 12.1. The molecule has 3 aromatic rings. The van der Waals surface area contributed by atoms with Gasteiger partial charge < -0.3 is 30.6 Å². The number of rotatable bonds is 7. The summed E-state index contributed by atoms with van der Waals surface area (Å²) in [5, 5.41) is 12.5. The minimum atomic E-state index is -4.55. The third-order valence-corrected chi connectivity index (χ3v) is 7.34. The van der Waals surface area contributed by atoms with Crippen LogP contribution in [0.1, 0.15) is 44.3 Å². The van der Waals surface area contributed by atoms with E-state index in [2.05, 4.69) is 36.2 Å². The van der Waals surface area contributed by atoms with Gasteiger partial charge in [0, 0.05) is 49.5 Å². The standard InChI is InChI=1S/C27H33F3N8O2/c1-31-25(39)36-18-7-4-6-17(12-18)23-15-34-26(40-23)37-22-10-3-2-9-21(22)35-19-8-5-11-38(16-19)20-13-32-24(33-14-20)27(28,29)30/h4,6-7,12-15,19,21-22,35H,2-3,5,8-11,16H2,1H3,(H,34,37)(H2,31,36,39). The molecule has 1 aromatic carbocycles. The molecule has 0 spiro atoms. The van der Waals surface area contributed by atoms with Crippen LogP contribution in [0.4, 0.5) is 35.4 Å². The molecular weight excluding hydrogens is 525 g/mol. The van der Waals surface area contributed by atoms with E-state index in [1.807, 2.05) is 23.1 Å². The van der Waals surface area contributed by atoms with Gasteiger partial charge in [0.1, 0.15) is 0 Å². The summed E-state index contributed by atoms with van der Waals surface area (Å²) in [6.07, 6.45) is 5.69. The van der Waals surface area contributed by atoms with Gasteiger partial charge >= 0.3 is 12.2 Å². The van der Waals surface area contributed by atoms with Crippen LogP contribution >= 0.6 is 0 Å². The number of carbonyl (C=O) groups excluding carboxylic acids is 1. The number of aromatic nitrogens is 3. The monoisotopic (exact) mass is 558 g/mol. The van der Waals surface area contributed by atoms with Crippen LogP contribution in [0.5, 0.6) is 0 Å². The molecule has 0 bridgehead atoms. The number of nitrogens with zero attached hydrogens (tertiary/aromatic N) is 4. The lowest BCUT2D eigenvalue weighted by Gasteiger charge is -2.40. The molecule has 1 aliphatic carbocycles. The van der Waals surface area contributed by atoms with Crippen LogP contribution in [-0.4, -0.2) is 59.2 Å². The van der Waals surface area contributed by atoms with E-state index in [4.69, 9.17) is 4.42 Å². The molecule has 10 nitrogen and oxygen atoms in total. The van der Waals surface area contributed by atoms with Crippen LogP contribution in [0.15, 0.2) is 47.3 Å². The molecule has 2 aromatic heterocycles. The minimum Gasteiger partial charge on any atom is -0.424 e. The van der Waals surface area contributed by atoms with Crippen LogP contribution < -0.4 is 26.2 Å². The average Bonchev–Trinajstić information content (AvgIpc) is 3.42. The van der Waals surface area contributed by atoms with Crippen molar-refractivity contribution in [1.29, 1.82) is 0 Å². The van der Waals surface area contributed by atoms with Crippen molar-refractivity contribution >= 4 is 23.4 Å². The lowest BCUT2D eigenvalue weighted by Crippen LogP contribution is -2.55. The Kier molecular flexibility index (Phi) is 8.38. The molecule has 1 saturated heterocycles. The first kappa shape index (κ1) is 27.7. The van der Waals surface area contributed by atoms with E-state index in [0.29, 0.717) is 29.7 Å². The van der Waals surface area contributed by atoms with E-state index < -0.39 is 12.0 Å². The molecule has 4 N–H and O–H groups in total. The van der Waals surface area contributed by atoms with E-state index in [9.17, 15) is 18.0 Å². The smallest absolute Gasteiger partial charge is 0.424 e. The van der Waals surface area contributed by atoms with Crippen LogP contribution in [0.3, 0.4) is 0 Å². The summed E-state index contributed by atoms with van der Waals surface area (Å²) in [6, 6.07) is 7.96. The Bertz CT molecular complexity index is 1280. The van der Waals surface area contributed by atoms with Gasteiger partial charge in [-0.2, -0.15) is 13.2 Å². The molecule has 5 rings (SSSR count). The maximum atomic E-state index is 12.9. The van der Waals surface area contributed by atoms with Crippen LogP contribution in [0.25, 0.3) is 11.3 Å². The van der Waals surface area contributed by atoms with Crippen molar-refractivity contribution in [3.8, 4) is 11.3 Å². The molecule has 1 saturated carbocycles. The highest BCUT2D eigenvalue weighted by Crippen LogP contribution is 2.29. The number of carbonyl (C=O) groups is 1. The van der Waals surface area contributed by atoms with Gasteiger partial charge in [0.25, 0.3) is 6.01 Å². The van der Waals surface area contributed by atoms with E-state index in [-0.39, 0.29) is 24.2 Å². The van der Waals surface area contributed by atoms with Crippen LogP contribution in [0.2, 0.25) is 0 Å². The average molecular weight is 559 g/mol. The third-order valence-electron chi connectivity index (χ3n) is 7.34. The van der Waals surface area contributed by atoms with Crippen molar-refractivity contribution < 1.29 is 22.4 Å². The topological polar surface area (TPSA) is 120 Å². The first-order chi connectivity index (χ1) is 19.3. The lowest BCUT2D eigenvalue weighted by atomic mass is 9.89. The first-order valence-electron chi connectivity index (χ1n) is 13.5. The summed E-state index contributed by atoms with van der Waals surface area (Å²) in [4.78, 5) is 25.2. The molecule has 0 radical (unpaired) electrons. The SMILES string of the molecule is CNC(=O)Nc1cccc(-c2cnc(NC3CCCCC3NC3CCCN(c4cnc(C(F)(F)F)nc4)C3)o2)c1. The van der Waals surface area contributed by atoms with E-state index in [1.165, 1.54) is 12.4 Å². The highest BCUT2D eigenvalue weighted by molar-refractivity contribution is 5.89. The number of alkyl halides is 3. The van der Waals surface area contributed by atoms with E-state index in [1.54, 1.807) is 19.3 Å². The van der Waals surface area contributed by atoms with E-state index >= 15 is 0 Å². The number of halogens is 3. The molecule has 3 atom stereocenters. The summed E-state index contributed by atoms with van der Waals surface area (Å²) in [5.74, 6) is -0.535. The quantitative estimate of drug-likeness (QED) is 0.324. The number of hydrogen-bond donors (Lipinski definition) is 4. The zero-order chi connectivity index (χ0) is 28.1. The fraction of sp³-hybridized carbons (Fsp3) is 0.481. The Hall–Kier alpha value is -3.87. The molecule has 1 aliphatic heterocycles. The minimum absolute atomic E-state index is 0.117. The first-order valence-corrected chi connectivity index (χ1v) is 13.5. The number of urea groups is 1. The van der Waals surface area contributed by atoms with Crippen molar-refractivity contribution in [3.63, 3.8) is 0 Å². The number of amides is 2. The van der Waals surface area contributed by atoms with Crippen molar-refractivity contribution in [2.45, 2.75) is 62.8 Å². The van der Waals surface area contributed by atoms with Gasteiger partial charge in [0.15, 0.2) is 5.76 Å². The normalized spacial score (nSPS) is 21.6. The summed E-state index contributed by atoms with van der Waals surface area (Å²) in [7, 11) is 1.56. The molecule has 2 aliphatic rings. The van der Waals surface area contributed by atoms with Crippen molar-refractivity contribution in [3.05, 3.63) is 48.7 Å². The maximum absolute atomic E-state index is 12.9. The van der Waals surface area contributed by atoms with Gasteiger partial charge in [0.05, 0.1) is 24.3 Å². The molecule has 3 unspecified atom stereocenters. The predicted octanol–water partition coefficient (Wildman–Crippen LogP) is 4.88. The van der Waals surface area contributed by atoms with Gasteiger partial charge in [-0.15, -0.1) is 0 Å². The molecule has 40 heavy (non-hydrogen) atoms. The summed E-state index contributed by atoms with van der Waals surface area (Å²) in [5.41, 5.74) is 2.03. The Morgan fingerprint density at radius 3 is 2.55 bits per heavy atom. The Labute approximate surface area is 230 Å². The maximum Gasteiger partial charge on any atom is 0.451 e. The summed E-state index contributed by atoms with van der Waals surface area (Å²) >= 11 is 0. The second-order valence-corrected chi connectivity index (χ2v) is 10.2. The predicted molar refractivity (Wildman–Crippen MR) is 145 cm³/mol. The Balaban J connectivity index is 1.20. The molecule has 13 heteroatoms. The van der Waals surface area contributed by atoms with Gasteiger partial charge in [-0.25, -0.2) is 19.7 Å². The number of benzene rings is 1.